The van der Waals surface area contributed by atoms with Crippen molar-refractivity contribution in [3.05, 3.63) is 30.3 Å². The number of carbonyl (C=O) groups excluding carboxylic acids is 1. The van der Waals surface area contributed by atoms with Gasteiger partial charge in [0.1, 0.15) is 5.84 Å². The molecule has 1 aromatic rings. The van der Waals surface area contributed by atoms with Crippen molar-refractivity contribution in [2.75, 3.05) is 5.06 Å². The highest BCUT2D eigenvalue weighted by atomic mass is 16.7. The average molecular weight is 218 g/mol. The molecule has 1 aliphatic heterocycles. The number of hydroxylamine groups is 1. The Hall–Kier alpha value is -1.68. The Bertz CT molecular complexity index is 442. The van der Waals surface area contributed by atoms with E-state index in [1.165, 1.54) is 6.92 Å². The SMILES string of the molecule is CC(=O)C1(C)N=C(C)N(c2ccccc2)O1. The molecule has 1 aromatic carbocycles. The minimum absolute atomic E-state index is 0.106. The molecule has 0 N–H and O–H groups in total. The molecule has 0 aliphatic carbocycles. The molecular weight excluding hydrogens is 204 g/mol. The summed E-state index contributed by atoms with van der Waals surface area (Å²) in [6.07, 6.45) is 0. The summed E-state index contributed by atoms with van der Waals surface area (Å²) in [6, 6.07) is 9.57. The third-order valence-corrected chi connectivity index (χ3v) is 2.58. The van der Waals surface area contributed by atoms with Gasteiger partial charge in [0.15, 0.2) is 5.78 Å². The first-order chi connectivity index (χ1) is 7.53. The number of benzene rings is 1. The van der Waals surface area contributed by atoms with Gasteiger partial charge in [0.05, 0.1) is 5.69 Å². The molecule has 2 rings (SSSR count). The van der Waals surface area contributed by atoms with Crippen LogP contribution in [0.25, 0.3) is 0 Å². The number of carbonyl (C=O) groups is 1. The second-order valence-corrected chi connectivity index (χ2v) is 3.92. The van der Waals surface area contributed by atoms with Crippen molar-refractivity contribution in [3.8, 4) is 0 Å². The maximum absolute atomic E-state index is 11.4. The first kappa shape index (κ1) is 10.8. The molecule has 1 unspecified atom stereocenters. The molecule has 0 spiro atoms. The van der Waals surface area contributed by atoms with E-state index in [0.717, 1.165) is 5.69 Å². The lowest BCUT2D eigenvalue weighted by atomic mass is 10.2. The van der Waals surface area contributed by atoms with Crippen LogP contribution < -0.4 is 5.06 Å². The number of hydrogen-bond donors (Lipinski definition) is 0. The summed E-state index contributed by atoms with van der Waals surface area (Å²) in [5.74, 6) is 0.578. The molecule has 1 heterocycles. The van der Waals surface area contributed by atoms with Gasteiger partial charge >= 0.3 is 0 Å². The smallest absolute Gasteiger partial charge is 0.242 e. The van der Waals surface area contributed by atoms with Crippen LogP contribution in [0.5, 0.6) is 0 Å². The second kappa shape index (κ2) is 3.72. The van der Waals surface area contributed by atoms with E-state index in [4.69, 9.17) is 4.84 Å². The zero-order valence-corrected chi connectivity index (χ0v) is 9.60. The summed E-state index contributed by atoms with van der Waals surface area (Å²) < 4.78 is 0. The van der Waals surface area contributed by atoms with Crippen LogP contribution in [0.3, 0.4) is 0 Å². The number of hydrogen-bond acceptors (Lipinski definition) is 4. The van der Waals surface area contributed by atoms with Gasteiger partial charge in [0.2, 0.25) is 5.72 Å². The predicted octanol–water partition coefficient (Wildman–Crippen LogP) is 2.16. The van der Waals surface area contributed by atoms with E-state index in [-0.39, 0.29) is 5.78 Å². The molecule has 4 heteroatoms. The van der Waals surface area contributed by atoms with E-state index < -0.39 is 5.72 Å². The number of Topliss-reactive ketones (excluding diaryl/α,β-unsaturated/α-hetero) is 1. The summed E-state index contributed by atoms with van der Waals surface area (Å²) >= 11 is 0. The van der Waals surface area contributed by atoms with Crippen molar-refractivity contribution in [3.63, 3.8) is 0 Å². The molecule has 0 saturated carbocycles. The summed E-state index contributed by atoms with van der Waals surface area (Å²) in [5, 5.41) is 1.58. The molecule has 1 atom stereocenters. The molecule has 0 radical (unpaired) electrons. The van der Waals surface area contributed by atoms with Crippen LogP contribution in [0.2, 0.25) is 0 Å². The molecule has 1 aliphatic rings. The highest BCUT2D eigenvalue weighted by molar-refractivity contribution is 5.99. The fourth-order valence-electron chi connectivity index (χ4n) is 1.56. The Balaban J connectivity index is 2.30. The third-order valence-electron chi connectivity index (χ3n) is 2.58. The van der Waals surface area contributed by atoms with Crippen molar-refractivity contribution in [1.29, 1.82) is 0 Å². The van der Waals surface area contributed by atoms with E-state index in [9.17, 15) is 4.79 Å². The fraction of sp³-hybridized carbons (Fsp3) is 0.333. The Kier molecular flexibility index (Phi) is 2.52. The van der Waals surface area contributed by atoms with Gasteiger partial charge < -0.3 is 0 Å². The maximum atomic E-state index is 11.4. The molecule has 0 bridgehead atoms. The first-order valence-corrected chi connectivity index (χ1v) is 5.15. The number of para-hydroxylation sites is 1. The number of aliphatic imine (C=N–C) groups is 1. The Morgan fingerprint density at radius 3 is 2.50 bits per heavy atom. The van der Waals surface area contributed by atoms with Crippen LogP contribution in [0.1, 0.15) is 20.8 Å². The summed E-state index contributed by atoms with van der Waals surface area (Å²) in [5.41, 5.74) is -0.214. The van der Waals surface area contributed by atoms with Crippen LogP contribution in [0.4, 0.5) is 5.69 Å². The lowest BCUT2D eigenvalue weighted by Crippen LogP contribution is -2.36. The second-order valence-electron chi connectivity index (χ2n) is 3.92. The molecule has 0 aromatic heterocycles. The standard InChI is InChI=1S/C12H14N2O2/c1-9(15)12(3)13-10(2)14(16-12)11-7-5-4-6-8-11/h4-8H,1-3H3. The van der Waals surface area contributed by atoms with Crippen molar-refractivity contribution in [2.45, 2.75) is 26.5 Å². The first-order valence-electron chi connectivity index (χ1n) is 5.15. The monoisotopic (exact) mass is 218 g/mol. The molecule has 4 nitrogen and oxygen atoms in total. The number of anilines is 1. The summed E-state index contributed by atoms with van der Waals surface area (Å²) in [6.45, 7) is 4.97. The van der Waals surface area contributed by atoms with Gasteiger partial charge in [-0.05, 0) is 32.9 Å². The van der Waals surface area contributed by atoms with Gasteiger partial charge in [-0.25, -0.2) is 14.9 Å². The van der Waals surface area contributed by atoms with Gasteiger partial charge in [-0.3, -0.25) is 4.79 Å². The van der Waals surface area contributed by atoms with Gasteiger partial charge in [-0.2, -0.15) is 0 Å². The van der Waals surface area contributed by atoms with Gasteiger partial charge in [-0.1, -0.05) is 18.2 Å². The predicted molar refractivity (Wildman–Crippen MR) is 62.2 cm³/mol. The van der Waals surface area contributed by atoms with E-state index in [1.807, 2.05) is 37.3 Å². The van der Waals surface area contributed by atoms with Crippen LogP contribution in [0.15, 0.2) is 35.3 Å². The zero-order chi connectivity index (χ0) is 11.8. The van der Waals surface area contributed by atoms with E-state index in [1.54, 1.807) is 12.0 Å². The van der Waals surface area contributed by atoms with E-state index >= 15 is 0 Å². The van der Waals surface area contributed by atoms with Crippen LogP contribution in [0, 0.1) is 0 Å². The molecular formula is C12H14N2O2. The van der Waals surface area contributed by atoms with Crippen molar-refractivity contribution < 1.29 is 9.63 Å². The quantitative estimate of drug-likeness (QED) is 0.763. The van der Waals surface area contributed by atoms with Crippen molar-refractivity contribution in [1.82, 2.24) is 0 Å². The van der Waals surface area contributed by atoms with Crippen molar-refractivity contribution >= 4 is 17.3 Å². The number of amidine groups is 1. The van der Waals surface area contributed by atoms with Gasteiger partial charge in [0.25, 0.3) is 0 Å². The Morgan fingerprint density at radius 2 is 2.00 bits per heavy atom. The van der Waals surface area contributed by atoms with Crippen LogP contribution >= 0.6 is 0 Å². The van der Waals surface area contributed by atoms with E-state index in [2.05, 4.69) is 4.99 Å². The lowest BCUT2D eigenvalue weighted by Gasteiger charge is -2.22. The molecule has 0 fully saturated rings. The largest absolute Gasteiger partial charge is 0.294 e. The number of rotatable bonds is 2. The Labute approximate surface area is 94.5 Å². The number of ketones is 1. The normalized spacial score (nSPS) is 24.4. The number of nitrogens with zero attached hydrogens (tertiary/aromatic N) is 2. The van der Waals surface area contributed by atoms with Gasteiger partial charge in [0, 0.05) is 0 Å². The topological polar surface area (TPSA) is 41.9 Å². The molecule has 0 saturated heterocycles. The molecule has 84 valence electrons. The zero-order valence-electron chi connectivity index (χ0n) is 9.60. The highest BCUT2D eigenvalue weighted by Crippen LogP contribution is 2.28. The average Bonchev–Trinajstić information content (AvgIpc) is 2.57. The Morgan fingerprint density at radius 1 is 1.38 bits per heavy atom. The molecule has 0 amide bonds. The third kappa shape index (κ3) is 1.72. The maximum Gasteiger partial charge on any atom is 0.242 e. The van der Waals surface area contributed by atoms with Crippen LogP contribution in [-0.4, -0.2) is 17.3 Å². The molecule has 16 heavy (non-hydrogen) atoms. The minimum atomic E-state index is -1.08. The van der Waals surface area contributed by atoms with E-state index in [0.29, 0.717) is 5.84 Å². The van der Waals surface area contributed by atoms with Crippen LogP contribution in [-0.2, 0) is 9.63 Å². The minimum Gasteiger partial charge on any atom is -0.294 e. The summed E-state index contributed by atoms with van der Waals surface area (Å²) in [7, 11) is 0. The fourth-order valence-corrected chi connectivity index (χ4v) is 1.56. The lowest BCUT2D eigenvalue weighted by molar-refractivity contribution is -0.136. The summed E-state index contributed by atoms with van der Waals surface area (Å²) in [4.78, 5) is 21.3. The van der Waals surface area contributed by atoms with Crippen molar-refractivity contribution in [2.24, 2.45) is 4.99 Å². The van der Waals surface area contributed by atoms with Gasteiger partial charge in [-0.15, -0.1) is 0 Å². The highest BCUT2D eigenvalue weighted by Gasteiger charge is 2.40.